The molecule has 0 radical (unpaired) electrons. The second kappa shape index (κ2) is 5.94. The van der Waals surface area contributed by atoms with Gasteiger partial charge in [-0.25, -0.2) is 0 Å². The van der Waals surface area contributed by atoms with Gasteiger partial charge >= 0.3 is 18.3 Å². The lowest BCUT2D eigenvalue weighted by atomic mass is 10.2. The van der Waals surface area contributed by atoms with Crippen LogP contribution in [0.5, 0.6) is 0 Å². The number of rotatable bonds is 4. The summed E-state index contributed by atoms with van der Waals surface area (Å²) in [5.74, 6) is -1.17. The van der Waals surface area contributed by atoms with Gasteiger partial charge in [0.25, 0.3) is 0 Å². The number of hydrogen-bond acceptors (Lipinski definition) is 3. The Labute approximate surface area is 115 Å². The van der Waals surface area contributed by atoms with Crippen LogP contribution in [0.15, 0.2) is 6.20 Å². The maximum absolute atomic E-state index is 12.9. The van der Waals surface area contributed by atoms with Gasteiger partial charge in [-0.2, -0.15) is 31.4 Å². The van der Waals surface area contributed by atoms with Gasteiger partial charge in [0, 0.05) is 6.20 Å². The quantitative estimate of drug-likeness (QED) is 0.632. The Kier molecular flexibility index (Phi) is 4.90. The molecule has 1 aromatic rings. The smallest absolute Gasteiger partial charge is 0.435 e. The lowest BCUT2D eigenvalue weighted by molar-refractivity contribution is -0.181. The summed E-state index contributed by atoms with van der Waals surface area (Å²) in [6, 6.07) is -2.51. The Morgan fingerprint density at radius 2 is 1.90 bits per heavy atom. The molecule has 0 saturated carbocycles. The standard InChI is InChI=1S/C11H12F6N2O2/c1-3-21-8(20)4-7(10(12,13)14)19-5-6(2)9(18-19)11(15,16)17/h5,7H,3-4H2,1-2H3. The second-order valence-electron chi connectivity index (χ2n) is 4.21. The van der Waals surface area contributed by atoms with Crippen molar-refractivity contribution in [2.75, 3.05) is 6.61 Å². The lowest BCUT2D eigenvalue weighted by Crippen LogP contribution is -2.30. The first-order valence-electron chi connectivity index (χ1n) is 5.82. The van der Waals surface area contributed by atoms with Crippen LogP contribution in [0.25, 0.3) is 0 Å². The Morgan fingerprint density at radius 3 is 2.29 bits per heavy atom. The van der Waals surface area contributed by atoms with Gasteiger partial charge in [-0.15, -0.1) is 0 Å². The number of carbonyl (C=O) groups is 1. The van der Waals surface area contributed by atoms with Crippen molar-refractivity contribution in [1.82, 2.24) is 9.78 Å². The van der Waals surface area contributed by atoms with Gasteiger partial charge in [-0.3, -0.25) is 9.48 Å². The first kappa shape index (κ1) is 17.3. The zero-order chi connectivity index (χ0) is 16.4. The van der Waals surface area contributed by atoms with Crippen LogP contribution < -0.4 is 0 Å². The van der Waals surface area contributed by atoms with Gasteiger partial charge < -0.3 is 4.74 Å². The van der Waals surface area contributed by atoms with Gasteiger partial charge in [-0.1, -0.05) is 0 Å². The molecule has 10 heteroatoms. The van der Waals surface area contributed by atoms with Crippen molar-refractivity contribution in [1.29, 1.82) is 0 Å². The van der Waals surface area contributed by atoms with E-state index in [9.17, 15) is 31.1 Å². The second-order valence-corrected chi connectivity index (χ2v) is 4.21. The summed E-state index contributed by atoms with van der Waals surface area (Å²) in [6.45, 7) is 2.26. The van der Waals surface area contributed by atoms with Crippen molar-refractivity contribution < 1.29 is 35.9 Å². The fourth-order valence-electron chi connectivity index (χ4n) is 1.66. The summed E-state index contributed by atoms with van der Waals surface area (Å²) in [6.07, 6.45) is -10.3. The third-order valence-electron chi connectivity index (χ3n) is 2.55. The number of aromatic nitrogens is 2. The summed E-state index contributed by atoms with van der Waals surface area (Å²) in [5, 5.41) is 2.92. The molecule has 0 spiro atoms. The molecule has 0 aromatic carbocycles. The van der Waals surface area contributed by atoms with Crippen molar-refractivity contribution in [3.05, 3.63) is 17.5 Å². The van der Waals surface area contributed by atoms with E-state index in [1.54, 1.807) is 0 Å². The Balaban J connectivity index is 3.14. The van der Waals surface area contributed by atoms with E-state index >= 15 is 0 Å². The number of alkyl halides is 6. The molecule has 1 rings (SSSR count). The maximum Gasteiger partial charge on any atom is 0.435 e. The molecule has 0 aliphatic carbocycles. The van der Waals surface area contributed by atoms with Crippen LogP contribution in [-0.2, 0) is 15.7 Å². The summed E-state index contributed by atoms with van der Waals surface area (Å²) in [4.78, 5) is 11.2. The number of nitrogens with zero attached hydrogens (tertiary/aromatic N) is 2. The highest BCUT2D eigenvalue weighted by Crippen LogP contribution is 2.36. The molecule has 120 valence electrons. The number of halogens is 6. The minimum Gasteiger partial charge on any atom is -0.466 e. The molecule has 1 atom stereocenters. The molecule has 0 fully saturated rings. The van der Waals surface area contributed by atoms with Gasteiger partial charge in [0.2, 0.25) is 0 Å². The zero-order valence-electron chi connectivity index (χ0n) is 11.0. The predicted octanol–water partition coefficient (Wildman–Crippen LogP) is 3.27. The Bertz CT molecular complexity index is 506. The largest absolute Gasteiger partial charge is 0.466 e. The Morgan fingerprint density at radius 1 is 1.33 bits per heavy atom. The minimum atomic E-state index is -4.94. The fourth-order valence-corrected chi connectivity index (χ4v) is 1.66. The van der Waals surface area contributed by atoms with E-state index in [2.05, 4.69) is 9.84 Å². The highest BCUT2D eigenvalue weighted by molar-refractivity contribution is 5.70. The molecule has 0 bridgehead atoms. The van der Waals surface area contributed by atoms with Gasteiger partial charge in [0.1, 0.15) is 0 Å². The third-order valence-corrected chi connectivity index (χ3v) is 2.55. The van der Waals surface area contributed by atoms with E-state index in [1.807, 2.05) is 0 Å². The van der Waals surface area contributed by atoms with Crippen molar-refractivity contribution in [2.24, 2.45) is 0 Å². The number of hydrogen-bond donors (Lipinski definition) is 0. The van der Waals surface area contributed by atoms with Crippen LogP contribution in [0.2, 0.25) is 0 Å². The molecule has 0 saturated heterocycles. The molecular formula is C11H12F6N2O2. The minimum absolute atomic E-state index is 0.106. The van der Waals surface area contributed by atoms with E-state index in [0.29, 0.717) is 6.20 Å². The summed E-state index contributed by atoms with van der Waals surface area (Å²) in [7, 11) is 0. The number of ether oxygens (including phenoxy) is 1. The fraction of sp³-hybridized carbons (Fsp3) is 0.636. The molecular weight excluding hydrogens is 306 g/mol. The van der Waals surface area contributed by atoms with E-state index in [1.165, 1.54) is 6.92 Å². The molecule has 0 amide bonds. The van der Waals surface area contributed by atoms with Gasteiger partial charge in [0.05, 0.1) is 13.0 Å². The van der Waals surface area contributed by atoms with Gasteiger partial charge in [0.15, 0.2) is 11.7 Å². The molecule has 4 nitrogen and oxygen atoms in total. The molecule has 21 heavy (non-hydrogen) atoms. The van der Waals surface area contributed by atoms with Crippen LogP contribution in [-0.4, -0.2) is 28.5 Å². The average molecular weight is 318 g/mol. The van der Waals surface area contributed by atoms with Crippen LogP contribution >= 0.6 is 0 Å². The first-order valence-corrected chi connectivity index (χ1v) is 5.82. The predicted molar refractivity (Wildman–Crippen MR) is 58.3 cm³/mol. The monoisotopic (exact) mass is 318 g/mol. The number of aryl methyl sites for hydroxylation is 1. The van der Waals surface area contributed by atoms with Crippen LogP contribution in [0.4, 0.5) is 26.3 Å². The van der Waals surface area contributed by atoms with Crippen molar-refractivity contribution in [3.8, 4) is 0 Å². The SMILES string of the molecule is CCOC(=O)CC(n1cc(C)c(C(F)(F)F)n1)C(F)(F)F. The highest BCUT2D eigenvalue weighted by Gasteiger charge is 2.45. The van der Waals surface area contributed by atoms with Crippen LogP contribution in [0.3, 0.4) is 0 Å². The van der Waals surface area contributed by atoms with E-state index in [4.69, 9.17) is 0 Å². The van der Waals surface area contributed by atoms with Crippen molar-refractivity contribution in [3.63, 3.8) is 0 Å². The van der Waals surface area contributed by atoms with Crippen molar-refractivity contribution >= 4 is 5.97 Å². The van der Waals surface area contributed by atoms with E-state index in [-0.39, 0.29) is 11.3 Å². The number of esters is 1. The number of carbonyl (C=O) groups excluding carboxylic acids is 1. The lowest BCUT2D eigenvalue weighted by Gasteiger charge is -2.19. The highest BCUT2D eigenvalue weighted by atomic mass is 19.4. The van der Waals surface area contributed by atoms with E-state index in [0.717, 1.165) is 6.92 Å². The topological polar surface area (TPSA) is 44.1 Å². The molecule has 1 aromatic heterocycles. The maximum atomic E-state index is 12.9. The summed E-state index contributed by atoms with van der Waals surface area (Å²) >= 11 is 0. The third kappa shape index (κ3) is 4.36. The molecule has 0 aliphatic heterocycles. The summed E-state index contributed by atoms with van der Waals surface area (Å²) in [5.41, 5.74) is -1.87. The Hall–Kier alpha value is -1.74. The summed E-state index contributed by atoms with van der Waals surface area (Å²) < 4.78 is 80.8. The van der Waals surface area contributed by atoms with Gasteiger partial charge in [-0.05, 0) is 19.4 Å². The molecule has 1 heterocycles. The van der Waals surface area contributed by atoms with E-state index < -0.39 is 42.0 Å². The van der Waals surface area contributed by atoms with Crippen LogP contribution in [0, 0.1) is 6.92 Å². The average Bonchev–Trinajstić information content (AvgIpc) is 2.66. The molecule has 0 N–H and O–H groups in total. The normalized spacial score (nSPS) is 14.1. The molecule has 1 unspecified atom stereocenters. The molecule has 0 aliphatic rings. The van der Waals surface area contributed by atoms with Crippen LogP contribution in [0.1, 0.15) is 30.6 Å². The zero-order valence-corrected chi connectivity index (χ0v) is 11.0. The first-order chi connectivity index (χ1) is 9.46. The van der Waals surface area contributed by atoms with Crippen molar-refractivity contribution in [2.45, 2.75) is 38.7 Å².